The molecular formula is C12H24INO. The maximum atomic E-state index is 11.8. The van der Waals surface area contributed by atoms with E-state index in [1.807, 2.05) is 0 Å². The Kier molecular flexibility index (Phi) is 10.9. The second kappa shape index (κ2) is 10.7. The molecule has 0 spiro atoms. The van der Waals surface area contributed by atoms with Crippen LogP contribution in [0.2, 0.25) is 0 Å². The Bertz CT molecular complexity index is 156. The van der Waals surface area contributed by atoms with Crippen LogP contribution in [-0.4, -0.2) is 16.9 Å². The van der Waals surface area contributed by atoms with Crippen molar-refractivity contribution in [2.45, 2.75) is 52.4 Å². The summed E-state index contributed by atoms with van der Waals surface area (Å²) < 4.78 is 1.18. The van der Waals surface area contributed by atoms with Crippen LogP contribution in [0.1, 0.15) is 52.4 Å². The second-order valence-corrected chi connectivity index (χ2v) is 5.04. The van der Waals surface area contributed by atoms with Crippen molar-refractivity contribution >= 4 is 28.5 Å². The van der Waals surface area contributed by atoms with E-state index < -0.39 is 0 Å². The number of hydrogen-bond donors (Lipinski definition) is 1. The molecule has 0 unspecified atom stereocenters. The zero-order chi connectivity index (χ0) is 11.5. The van der Waals surface area contributed by atoms with Crippen molar-refractivity contribution in [3.05, 3.63) is 0 Å². The van der Waals surface area contributed by atoms with Crippen molar-refractivity contribution in [1.29, 1.82) is 0 Å². The maximum absolute atomic E-state index is 11.8. The molecule has 90 valence electrons. The molecule has 0 rings (SSSR count). The van der Waals surface area contributed by atoms with Gasteiger partial charge in [0.15, 0.2) is 0 Å². The van der Waals surface area contributed by atoms with Crippen LogP contribution < -0.4 is 5.32 Å². The van der Waals surface area contributed by atoms with E-state index in [0.29, 0.717) is 0 Å². The van der Waals surface area contributed by atoms with Crippen LogP contribution >= 0.6 is 22.6 Å². The fraction of sp³-hybridized carbons (Fsp3) is 0.917. The fourth-order valence-electron chi connectivity index (χ4n) is 1.68. The molecule has 15 heavy (non-hydrogen) atoms. The molecule has 2 nitrogen and oxygen atoms in total. The quantitative estimate of drug-likeness (QED) is 0.392. The molecule has 0 aliphatic rings. The Morgan fingerprint density at radius 2 is 1.80 bits per heavy atom. The van der Waals surface area contributed by atoms with E-state index in [1.54, 1.807) is 0 Å². The zero-order valence-electron chi connectivity index (χ0n) is 10.0. The number of halogens is 1. The van der Waals surface area contributed by atoms with Gasteiger partial charge in [-0.2, -0.15) is 0 Å². The number of nitrogens with one attached hydrogen (secondary N) is 1. The Hall–Kier alpha value is 0.200. The number of alkyl halides is 1. The largest absolute Gasteiger partial charge is 0.356 e. The van der Waals surface area contributed by atoms with Crippen molar-refractivity contribution in [1.82, 2.24) is 5.32 Å². The van der Waals surface area contributed by atoms with Gasteiger partial charge >= 0.3 is 0 Å². The number of carbonyl (C=O) groups excluding carboxylic acids is 1. The van der Waals surface area contributed by atoms with Crippen LogP contribution in [0.3, 0.4) is 0 Å². The van der Waals surface area contributed by atoms with Crippen LogP contribution in [0.5, 0.6) is 0 Å². The molecule has 0 aliphatic heterocycles. The lowest BCUT2D eigenvalue weighted by atomic mass is 9.97. The summed E-state index contributed by atoms with van der Waals surface area (Å²) in [5.74, 6) is 0.520. The van der Waals surface area contributed by atoms with Crippen LogP contribution in [0, 0.1) is 5.92 Å². The van der Waals surface area contributed by atoms with E-state index in [9.17, 15) is 4.79 Å². The van der Waals surface area contributed by atoms with Crippen LogP contribution in [0.4, 0.5) is 0 Å². The third-order valence-electron chi connectivity index (χ3n) is 2.50. The average Bonchev–Trinajstić information content (AvgIpc) is 2.24. The van der Waals surface area contributed by atoms with Crippen LogP contribution in [0.25, 0.3) is 0 Å². The Balaban J connectivity index is 3.70. The van der Waals surface area contributed by atoms with E-state index in [4.69, 9.17) is 0 Å². The number of amides is 1. The summed E-state index contributed by atoms with van der Waals surface area (Å²) in [7, 11) is 0. The summed E-state index contributed by atoms with van der Waals surface area (Å²) in [6.07, 6.45) is 6.59. The van der Waals surface area contributed by atoms with Gasteiger partial charge in [0.05, 0.1) is 0 Å². The number of unbranched alkanes of at least 4 members (excludes halogenated alkanes) is 1. The predicted octanol–water partition coefficient (Wildman–Crippen LogP) is 3.53. The van der Waals surface area contributed by atoms with Gasteiger partial charge in [0.1, 0.15) is 0 Å². The number of hydrogen-bond acceptors (Lipinski definition) is 1. The minimum Gasteiger partial charge on any atom is -0.356 e. The molecule has 0 aromatic heterocycles. The molecule has 0 aliphatic carbocycles. The highest BCUT2D eigenvalue weighted by atomic mass is 127. The monoisotopic (exact) mass is 325 g/mol. The highest BCUT2D eigenvalue weighted by Gasteiger charge is 2.15. The maximum Gasteiger partial charge on any atom is 0.223 e. The van der Waals surface area contributed by atoms with Crippen molar-refractivity contribution in [3.8, 4) is 0 Å². The first kappa shape index (κ1) is 15.2. The first-order valence-electron chi connectivity index (χ1n) is 6.09. The van der Waals surface area contributed by atoms with Gasteiger partial charge in [-0.1, -0.05) is 49.3 Å². The summed E-state index contributed by atoms with van der Waals surface area (Å²) >= 11 is 2.37. The minimum absolute atomic E-state index is 0.250. The topological polar surface area (TPSA) is 29.1 Å². The molecule has 3 heteroatoms. The summed E-state index contributed by atoms with van der Waals surface area (Å²) in [6.45, 7) is 5.14. The number of carbonyl (C=O) groups is 1. The third-order valence-corrected chi connectivity index (χ3v) is 3.27. The summed E-state index contributed by atoms with van der Waals surface area (Å²) in [6, 6.07) is 0. The summed E-state index contributed by atoms with van der Waals surface area (Å²) in [5.41, 5.74) is 0. The SMILES string of the molecule is CCCC(CCC)C(=O)NCCCCI. The first-order valence-corrected chi connectivity index (χ1v) is 7.62. The molecule has 0 saturated carbocycles. The predicted molar refractivity (Wildman–Crippen MR) is 74.4 cm³/mol. The molecule has 0 aromatic carbocycles. The Morgan fingerprint density at radius 1 is 1.20 bits per heavy atom. The molecule has 0 atom stereocenters. The lowest BCUT2D eigenvalue weighted by Gasteiger charge is -2.14. The van der Waals surface area contributed by atoms with Crippen molar-refractivity contribution < 1.29 is 4.79 Å². The van der Waals surface area contributed by atoms with Gasteiger partial charge < -0.3 is 5.32 Å². The lowest BCUT2D eigenvalue weighted by Crippen LogP contribution is -2.31. The van der Waals surface area contributed by atoms with E-state index in [0.717, 1.165) is 38.6 Å². The molecule has 1 N–H and O–H groups in total. The standard InChI is InChI=1S/C12H24INO/c1-3-7-11(8-4-2)12(15)14-10-6-5-9-13/h11H,3-10H2,1-2H3,(H,14,15). The highest BCUT2D eigenvalue weighted by Crippen LogP contribution is 2.13. The van der Waals surface area contributed by atoms with Gasteiger partial charge in [-0.3, -0.25) is 4.79 Å². The van der Waals surface area contributed by atoms with Crippen molar-refractivity contribution in [2.75, 3.05) is 11.0 Å². The van der Waals surface area contributed by atoms with Gasteiger partial charge in [-0.05, 0) is 30.1 Å². The minimum atomic E-state index is 0.250. The Morgan fingerprint density at radius 3 is 2.27 bits per heavy atom. The summed E-state index contributed by atoms with van der Waals surface area (Å²) in [5, 5.41) is 3.04. The fourth-order valence-corrected chi connectivity index (χ4v) is 2.22. The van der Waals surface area contributed by atoms with Crippen molar-refractivity contribution in [3.63, 3.8) is 0 Å². The lowest BCUT2D eigenvalue weighted by molar-refractivity contribution is -0.125. The second-order valence-electron chi connectivity index (χ2n) is 3.96. The molecule has 0 aromatic rings. The smallest absolute Gasteiger partial charge is 0.223 e. The van der Waals surface area contributed by atoms with Gasteiger partial charge in [-0.25, -0.2) is 0 Å². The van der Waals surface area contributed by atoms with Crippen molar-refractivity contribution in [2.24, 2.45) is 5.92 Å². The van der Waals surface area contributed by atoms with E-state index >= 15 is 0 Å². The summed E-state index contributed by atoms with van der Waals surface area (Å²) in [4.78, 5) is 11.8. The van der Waals surface area contributed by atoms with Gasteiger partial charge in [0, 0.05) is 12.5 Å². The zero-order valence-corrected chi connectivity index (χ0v) is 12.2. The normalized spacial score (nSPS) is 10.7. The molecule has 1 amide bonds. The van der Waals surface area contributed by atoms with Gasteiger partial charge in [-0.15, -0.1) is 0 Å². The van der Waals surface area contributed by atoms with Gasteiger partial charge in [0.2, 0.25) is 5.91 Å². The third kappa shape index (κ3) is 8.05. The van der Waals surface area contributed by atoms with E-state index in [-0.39, 0.29) is 11.8 Å². The molecule has 0 saturated heterocycles. The van der Waals surface area contributed by atoms with Crippen LogP contribution in [-0.2, 0) is 4.79 Å². The molecule has 0 heterocycles. The molecule has 0 radical (unpaired) electrons. The Labute approximate surface area is 108 Å². The van der Waals surface area contributed by atoms with E-state index in [1.165, 1.54) is 10.8 Å². The molecular weight excluding hydrogens is 301 g/mol. The molecule has 0 fully saturated rings. The number of rotatable bonds is 9. The van der Waals surface area contributed by atoms with Crippen LogP contribution in [0.15, 0.2) is 0 Å². The average molecular weight is 325 g/mol. The highest BCUT2D eigenvalue weighted by molar-refractivity contribution is 14.1. The first-order chi connectivity index (χ1) is 7.26. The van der Waals surface area contributed by atoms with Gasteiger partial charge in [0.25, 0.3) is 0 Å². The molecule has 0 bridgehead atoms. The van der Waals surface area contributed by atoms with E-state index in [2.05, 4.69) is 41.8 Å².